The van der Waals surface area contributed by atoms with Crippen molar-refractivity contribution < 1.29 is 14.0 Å². The van der Waals surface area contributed by atoms with Gasteiger partial charge in [-0.05, 0) is 67.5 Å². The number of rotatable bonds is 3. The number of nitrogens with one attached hydrogen (secondary N) is 1. The molecule has 2 aromatic carbocycles. The van der Waals surface area contributed by atoms with E-state index in [0.717, 1.165) is 0 Å². The fraction of sp³-hybridized carbons (Fsp3) is 0.238. The number of carbonyl (C=O) groups excluding carboxylic acids is 2. The highest BCUT2D eigenvalue weighted by atomic mass is 32.1. The number of carbonyl (C=O) groups is 2. The van der Waals surface area contributed by atoms with E-state index in [1.165, 1.54) is 28.8 Å². The van der Waals surface area contributed by atoms with Gasteiger partial charge in [-0.1, -0.05) is 0 Å². The highest BCUT2D eigenvalue weighted by molar-refractivity contribution is 7.71. The van der Waals surface area contributed by atoms with Crippen molar-refractivity contribution in [2.24, 2.45) is 11.7 Å². The van der Waals surface area contributed by atoms with Crippen LogP contribution >= 0.6 is 12.2 Å². The largest absolute Gasteiger partial charge is 0.369 e. The summed E-state index contributed by atoms with van der Waals surface area (Å²) in [6.07, 6.45) is 1.08. The third-order valence-corrected chi connectivity index (χ3v) is 5.70. The fourth-order valence-corrected chi connectivity index (χ4v) is 4.02. The second kappa shape index (κ2) is 7.83. The van der Waals surface area contributed by atoms with Gasteiger partial charge >= 0.3 is 0 Å². The van der Waals surface area contributed by atoms with Crippen LogP contribution in [0.4, 0.5) is 4.39 Å². The van der Waals surface area contributed by atoms with Gasteiger partial charge in [-0.15, -0.1) is 0 Å². The summed E-state index contributed by atoms with van der Waals surface area (Å²) in [5, 5.41) is 0.358. The third kappa shape index (κ3) is 3.63. The smallest absolute Gasteiger partial charge is 0.266 e. The summed E-state index contributed by atoms with van der Waals surface area (Å²) < 4.78 is 14.6. The lowest BCUT2D eigenvalue weighted by Crippen LogP contribution is -2.41. The van der Waals surface area contributed by atoms with E-state index in [1.807, 2.05) is 0 Å². The number of fused-ring (bicyclic) bond motifs is 1. The Kier molecular flexibility index (Phi) is 5.21. The van der Waals surface area contributed by atoms with Crippen molar-refractivity contribution in [1.29, 1.82) is 0 Å². The number of aromatic amines is 1. The van der Waals surface area contributed by atoms with Gasteiger partial charge in [-0.2, -0.15) is 0 Å². The zero-order chi connectivity index (χ0) is 21.4. The van der Waals surface area contributed by atoms with Gasteiger partial charge in [0, 0.05) is 24.6 Å². The van der Waals surface area contributed by atoms with E-state index in [2.05, 4.69) is 4.98 Å². The molecule has 9 heteroatoms. The number of H-pyrrole nitrogens is 1. The molecule has 30 heavy (non-hydrogen) atoms. The van der Waals surface area contributed by atoms with Crippen molar-refractivity contribution >= 4 is 34.9 Å². The molecule has 0 aliphatic carbocycles. The molecule has 0 radical (unpaired) electrons. The fourth-order valence-electron chi connectivity index (χ4n) is 3.73. The topological polar surface area (TPSA) is 101 Å². The lowest BCUT2D eigenvalue weighted by molar-refractivity contribution is -0.123. The predicted octanol–water partition coefficient (Wildman–Crippen LogP) is 2.52. The van der Waals surface area contributed by atoms with Crippen LogP contribution in [0.1, 0.15) is 23.2 Å². The average molecular weight is 426 g/mol. The number of aromatic nitrogens is 2. The van der Waals surface area contributed by atoms with E-state index >= 15 is 0 Å². The molecule has 0 unspecified atom stereocenters. The molecule has 1 saturated heterocycles. The first-order valence-corrected chi connectivity index (χ1v) is 9.89. The van der Waals surface area contributed by atoms with Crippen molar-refractivity contribution in [3.05, 3.63) is 69.0 Å². The van der Waals surface area contributed by atoms with Crippen molar-refractivity contribution in [2.75, 3.05) is 13.1 Å². The predicted molar refractivity (Wildman–Crippen MR) is 113 cm³/mol. The van der Waals surface area contributed by atoms with E-state index in [9.17, 15) is 18.8 Å². The van der Waals surface area contributed by atoms with Crippen LogP contribution in [-0.4, -0.2) is 39.4 Å². The third-order valence-electron chi connectivity index (χ3n) is 5.41. The van der Waals surface area contributed by atoms with Crippen molar-refractivity contribution in [3.63, 3.8) is 0 Å². The Bertz CT molecular complexity index is 1260. The van der Waals surface area contributed by atoms with Crippen LogP contribution in [0.3, 0.4) is 0 Å². The number of hydrogen-bond donors (Lipinski definition) is 2. The van der Waals surface area contributed by atoms with Crippen LogP contribution in [0.2, 0.25) is 0 Å². The molecule has 3 aromatic rings. The number of piperidine rings is 1. The summed E-state index contributed by atoms with van der Waals surface area (Å²) in [5.41, 5.74) is 6.30. The number of nitrogens with zero attached hydrogens (tertiary/aromatic N) is 2. The Balaban J connectivity index is 1.67. The number of likely N-dealkylation sites (tertiary alicyclic amines) is 1. The first kappa shape index (κ1) is 20.0. The van der Waals surface area contributed by atoms with Crippen LogP contribution < -0.4 is 11.3 Å². The molecule has 1 aliphatic rings. The van der Waals surface area contributed by atoms with E-state index in [-0.39, 0.29) is 28.1 Å². The van der Waals surface area contributed by atoms with E-state index in [0.29, 0.717) is 48.1 Å². The molecule has 0 bridgehead atoms. The Labute approximate surface area is 175 Å². The molecule has 0 atom stereocenters. The Morgan fingerprint density at radius 3 is 2.40 bits per heavy atom. The Morgan fingerprint density at radius 2 is 1.77 bits per heavy atom. The van der Waals surface area contributed by atoms with Crippen molar-refractivity contribution in [1.82, 2.24) is 14.5 Å². The Hall–Kier alpha value is -3.33. The number of hydrogen-bond acceptors (Lipinski definition) is 4. The maximum absolute atomic E-state index is 13.2. The van der Waals surface area contributed by atoms with E-state index in [4.69, 9.17) is 18.0 Å². The molecule has 0 saturated carbocycles. The van der Waals surface area contributed by atoms with E-state index < -0.39 is 5.82 Å². The molecule has 1 fully saturated rings. The second-order valence-corrected chi connectivity index (χ2v) is 7.66. The quantitative estimate of drug-likeness (QED) is 0.629. The normalized spacial score (nSPS) is 14.8. The molecule has 2 amide bonds. The Morgan fingerprint density at radius 1 is 1.10 bits per heavy atom. The molecule has 2 heterocycles. The first-order chi connectivity index (χ1) is 14.3. The van der Waals surface area contributed by atoms with Gasteiger partial charge in [-0.25, -0.2) is 4.39 Å². The summed E-state index contributed by atoms with van der Waals surface area (Å²) in [7, 11) is 0. The van der Waals surface area contributed by atoms with Crippen LogP contribution in [-0.2, 0) is 4.79 Å². The maximum Gasteiger partial charge on any atom is 0.266 e. The second-order valence-electron chi connectivity index (χ2n) is 7.28. The molecule has 3 N–H and O–H groups in total. The number of halogens is 1. The van der Waals surface area contributed by atoms with Crippen LogP contribution in [0, 0.1) is 16.5 Å². The molecule has 0 spiro atoms. The maximum atomic E-state index is 13.2. The number of nitrogens with two attached hydrogens (primary N) is 1. The standard InChI is InChI=1S/C21H19FN4O3S/c22-14-2-4-15(5-3-14)26-20(29)16-6-1-13(11-17(16)24-21(26)30)19(28)25-9-7-12(8-10-25)18(23)27/h1-6,11-12H,7-10H2,(H2,23,27)(H,24,30). The van der Waals surface area contributed by atoms with Gasteiger partial charge in [0.25, 0.3) is 11.5 Å². The summed E-state index contributed by atoms with van der Waals surface area (Å²) in [5.74, 6) is -1.13. The zero-order valence-corrected chi connectivity index (χ0v) is 16.7. The molecule has 154 valence electrons. The molecule has 7 nitrogen and oxygen atoms in total. The van der Waals surface area contributed by atoms with Gasteiger partial charge in [0.1, 0.15) is 5.82 Å². The van der Waals surface area contributed by atoms with Gasteiger partial charge in [0.2, 0.25) is 5.91 Å². The van der Waals surface area contributed by atoms with Crippen LogP contribution in [0.15, 0.2) is 47.3 Å². The summed E-state index contributed by atoms with van der Waals surface area (Å²) >= 11 is 5.33. The molecule has 1 aliphatic heterocycles. The lowest BCUT2D eigenvalue weighted by Gasteiger charge is -2.30. The van der Waals surface area contributed by atoms with Crippen LogP contribution in [0.25, 0.3) is 16.6 Å². The van der Waals surface area contributed by atoms with Gasteiger partial charge in [-0.3, -0.25) is 19.0 Å². The number of benzene rings is 2. The van der Waals surface area contributed by atoms with Gasteiger partial charge in [0.15, 0.2) is 4.77 Å². The number of amides is 2. The molecule has 4 rings (SSSR count). The minimum atomic E-state index is -0.412. The monoisotopic (exact) mass is 426 g/mol. The minimum absolute atomic E-state index is 0.144. The molecular weight excluding hydrogens is 407 g/mol. The highest BCUT2D eigenvalue weighted by Gasteiger charge is 2.26. The highest BCUT2D eigenvalue weighted by Crippen LogP contribution is 2.20. The van der Waals surface area contributed by atoms with Gasteiger partial charge < -0.3 is 15.6 Å². The van der Waals surface area contributed by atoms with Gasteiger partial charge in [0.05, 0.1) is 16.6 Å². The van der Waals surface area contributed by atoms with Crippen molar-refractivity contribution in [2.45, 2.75) is 12.8 Å². The average Bonchev–Trinajstić information content (AvgIpc) is 2.74. The summed E-state index contributed by atoms with van der Waals surface area (Å²) in [4.78, 5) is 41.8. The van der Waals surface area contributed by atoms with E-state index in [1.54, 1.807) is 23.1 Å². The molecule has 1 aromatic heterocycles. The SMILES string of the molecule is NC(=O)C1CCN(C(=O)c2ccc3c(=O)n(-c4ccc(F)cc4)c(=S)[nH]c3c2)CC1. The summed E-state index contributed by atoms with van der Waals surface area (Å²) in [6, 6.07) is 10.2. The summed E-state index contributed by atoms with van der Waals surface area (Å²) in [6.45, 7) is 0.902. The van der Waals surface area contributed by atoms with Crippen LogP contribution in [0.5, 0.6) is 0 Å². The first-order valence-electron chi connectivity index (χ1n) is 9.49. The minimum Gasteiger partial charge on any atom is -0.369 e. The number of primary amides is 1. The van der Waals surface area contributed by atoms with Crippen molar-refractivity contribution in [3.8, 4) is 5.69 Å². The zero-order valence-electron chi connectivity index (χ0n) is 15.9. The molecular formula is C21H19FN4O3S. The lowest BCUT2D eigenvalue weighted by atomic mass is 9.96.